The van der Waals surface area contributed by atoms with Gasteiger partial charge in [-0.2, -0.15) is 0 Å². The van der Waals surface area contributed by atoms with E-state index in [0.717, 1.165) is 27.4 Å². The van der Waals surface area contributed by atoms with Crippen molar-refractivity contribution in [2.24, 2.45) is 0 Å². The Bertz CT molecular complexity index is 440. The summed E-state index contributed by atoms with van der Waals surface area (Å²) in [5.41, 5.74) is 2.07. The summed E-state index contributed by atoms with van der Waals surface area (Å²) in [6, 6.07) is 9.79. The molecule has 2 N–H and O–H groups in total. The lowest BCUT2D eigenvalue weighted by atomic mass is 10.3. The Kier molecular flexibility index (Phi) is 3.34. The van der Waals surface area contributed by atoms with Crippen molar-refractivity contribution in [3.05, 3.63) is 51.7 Å². The van der Waals surface area contributed by atoms with Crippen molar-refractivity contribution in [1.82, 2.24) is 4.98 Å². The minimum absolute atomic E-state index is 0.718. The van der Waals surface area contributed by atoms with Gasteiger partial charge in [-0.15, -0.1) is 0 Å². The van der Waals surface area contributed by atoms with Crippen LogP contribution < -0.4 is 5.32 Å². The number of aromatic nitrogens is 1. The van der Waals surface area contributed by atoms with Crippen LogP contribution in [0.25, 0.3) is 0 Å². The second-order valence-corrected chi connectivity index (χ2v) is 4.50. The zero-order valence-electron chi connectivity index (χ0n) is 7.93. The van der Waals surface area contributed by atoms with Gasteiger partial charge >= 0.3 is 0 Å². The van der Waals surface area contributed by atoms with Gasteiger partial charge in [0, 0.05) is 16.4 Å². The highest BCUT2D eigenvalue weighted by Crippen LogP contribution is 2.25. The molecule has 0 saturated carbocycles. The largest absolute Gasteiger partial charge is 0.378 e. The van der Waals surface area contributed by atoms with Crippen LogP contribution in [0.15, 0.2) is 41.0 Å². The van der Waals surface area contributed by atoms with Crippen LogP contribution in [0.4, 0.5) is 5.69 Å². The first-order valence-corrected chi connectivity index (χ1v) is 5.74. The monoisotopic (exact) mass is 284 g/mol. The summed E-state index contributed by atoms with van der Waals surface area (Å²) in [7, 11) is 0. The molecule has 4 heteroatoms. The van der Waals surface area contributed by atoms with Crippen LogP contribution in [0.1, 0.15) is 5.69 Å². The fourth-order valence-electron chi connectivity index (χ4n) is 1.30. The number of H-pyrrole nitrogens is 1. The molecule has 0 bridgehead atoms. The van der Waals surface area contributed by atoms with Crippen LogP contribution in [0.2, 0.25) is 5.02 Å². The first-order valence-electron chi connectivity index (χ1n) is 4.57. The molecule has 0 saturated heterocycles. The van der Waals surface area contributed by atoms with Crippen LogP contribution in [0, 0.1) is 0 Å². The molecule has 0 aliphatic heterocycles. The molecule has 0 radical (unpaired) electrons. The summed E-state index contributed by atoms with van der Waals surface area (Å²) < 4.78 is 0.984. The van der Waals surface area contributed by atoms with Crippen molar-refractivity contribution in [3.8, 4) is 0 Å². The first-order chi connectivity index (χ1) is 7.25. The molecule has 2 aromatic rings. The lowest BCUT2D eigenvalue weighted by Gasteiger charge is -2.07. The maximum atomic E-state index is 6.07. The molecule has 2 nitrogen and oxygen atoms in total. The Balaban J connectivity index is 2.05. The summed E-state index contributed by atoms with van der Waals surface area (Å²) >= 11 is 9.43. The number of aromatic amines is 1. The molecule has 0 spiro atoms. The van der Waals surface area contributed by atoms with Crippen LogP contribution in [-0.2, 0) is 6.54 Å². The highest BCUT2D eigenvalue weighted by Gasteiger charge is 2.00. The van der Waals surface area contributed by atoms with Crippen molar-refractivity contribution >= 4 is 33.2 Å². The Morgan fingerprint density at radius 1 is 1.33 bits per heavy atom. The number of hydrogen-bond acceptors (Lipinski definition) is 1. The van der Waals surface area contributed by atoms with Gasteiger partial charge in [0.25, 0.3) is 0 Å². The van der Waals surface area contributed by atoms with E-state index in [2.05, 4.69) is 26.2 Å². The highest BCUT2D eigenvalue weighted by molar-refractivity contribution is 9.10. The summed E-state index contributed by atoms with van der Waals surface area (Å²) in [6.45, 7) is 0.744. The average molecular weight is 286 g/mol. The molecule has 1 aromatic heterocycles. The SMILES string of the molecule is Clc1cc(Br)ccc1NCc1ccc[nH]1. The van der Waals surface area contributed by atoms with E-state index in [0.29, 0.717) is 0 Å². The minimum Gasteiger partial charge on any atom is -0.378 e. The van der Waals surface area contributed by atoms with Gasteiger partial charge < -0.3 is 10.3 Å². The van der Waals surface area contributed by atoms with Gasteiger partial charge in [-0.1, -0.05) is 27.5 Å². The zero-order chi connectivity index (χ0) is 10.7. The summed E-state index contributed by atoms with van der Waals surface area (Å²) in [6.07, 6.45) is 1.90. The van der Waals surface area contributed by atoms with Crippen LogP contribution >= 0.6 is 27.5 Å². The Morgan fingerprint density at radius 2 is 2.20 bits per heavy atom. The normalized spacial score (nSPS) is 10.3. The van der Waals surface area contributed by atoms with Gasteiger partial charge in [0.1, 0.15) is 0 Å². The lowest BCUT2D eigenvalue weighted by molar-refractivity contribution is 1.07. The zero-order valence-corrected chi connectivity index (χ0v) is 10.3. The van der Waals surface area contributed by atoms with Crippen molar-refractivity contribution in [3.63, 3.8) is 0 Å². The molecule has 1 heterocycles. The van der Waals surface area contributed by atoms with Crippen molar-refractivity contribution < 1.29 is 0 Å². The lowest BCUT2D eigenvalue weighted by Crippen LogP contribution is -1.99. The number of anilines is 1. The molecular weight excluding hydrogens is 275 g/mol. The van der Waals surface area contributed by atoms with Gasteiger partial charge in [0.05, 0.1) is 17.3 Å². The number of rotatable bonds is 3. The number of hydrogen-bond donors (Lipinski definition) is 2. The van der Waals surface area contributed by atoms with Gasteiger partial charge in [-0.3, -0.25) is 0 Å². The summed E-state index contributed by atoms with van der Waals surface area (Å²) in [5.74, 6) is 0. The van der Waals surface area contributed by atoms with E-state index in [4.69, 9.17) is 11.6 Å². The van der Waals surface area contributed by atoms with Crippen LogP contribution in [0.5, 0.6) is 0 Å². The molecule has 0 unspecified atom stereocenters. The van der Waals surface area contributed by atoms with Crippen LogP contribution in [-0.4, -0.2) is 4.98 Å². The predicted octanol–water partition coefficient (Wildman–Crippen LogP) is 4.04. The quantitative estimate of drug-likeness (QED) is 0.875. The standard InChI is InChI=1S/C11H10BrClN2/c12-8-3-4-11(10(13)6-8)15-7-9-2-1-5-14-9/h1-6,14-15H,7H2. The fourth-order valence-corrected chi connectivity index (χ4v) is 2.04. The topological polar surface area (TPSA) is 27.8 Å². The molecule has 0 atom stereocenters. The minimum atomic E-state index is 0.718. The third kappa shape index (κ3) is 2.76. The molecule has 0 amide bonds. The molecule has 15 heavy (non-hydrogen) atoms. The van der Waals surface area contributed by atoms with E-state index >= 15 is 0 Å². The second-order valence-electron chi connectivity index (χ2n) is 3.17. The van der Waals surface area contributed by atoms with Crippen molar-refractivity contribution in [1.29, 1.82) is 0 Å². The van der Waals surface area contributed by atoms with E-state index in [1.165, 1.54) is 0 Å². The van der Waals surface area contributed by atoms with Gasteiger partial charge in [0.2, 0.25) is 0 Å². The number of halogens is 2. The first kappa shape index (κ1) is 10.6. The van der Waals surface area contributed by atoms with Crippen molar-refractivity contribution in [2.75, 3.05) is 5.32 Å². The molecular formula is C11H10BrClN2. The Morgan fingerprint density at radius 3 is 2.87 bits per heavy atom. The molecule has 2 rings (SSSR count). The smallest absolute Gasteiger partial charge is 0.0648 e. The molecule has 78 valence electrons. The highest BCUT2D eigenvalue weighted by atomic mass is 79.9. The average Bonchev–Trinajstić information content (AvgIpc) is 2.69. The maximum absolute atomic E-state index is 6.07. The van der Waals surface area contributed by atoms with E-state index in [1.807, 2.05) is 36.5 Å². The van der Waals surface area contributed by atoms with E-state index in [-0.39, 0.29) is 0 Å². The number of nitrogens with one attached hydrogen (secondary N) is 2. The van der Waals surface area contributed by atoms with Crippen LogP contribution in [0.3, 0.4) is 0 Å². The van der Waals surface area contributed by atoms with Gasteiger partial charge in [0.15, 0.2) is 0 Å². The van der Waals surface area contributed by atoms with Gasteiger partial charge in [-0.25, -0.2) is 0 Å². The third-order valence-corrected chi connectivity index (χ3v) is 2.87. The third-order valence-electron chi connectivity index (χ3n) is 2.06. The van der Waals surface area contributed by atoms with E-state index < -0.39 is 0 Å². The molecule has 0 fully saturated rings. The van der Waals surface area contributed by atoms with E-state index in [9.17, 15) is 0 Å². The Hall–Kier alpha value is -0.930. The van der Waals surface area contributed by atoms with E-state index in [1.54, 1.807) is 0 Å². The van der Waals surface area contributed by atoms with Gasteiger partial charge in [-0.05, 0) is 30.3 Å². The maximum Gasteiger partial charge on any atom is 0.0648 e. The Labute approximate surface area is 102 Å². The summed E-state index contributed by atoms with van der Waals surface area (Å²) in [4.78, 5) is 3.12. The summed E-state index contributed by atoms with van der Waals surface area (Å²) in [5, 5.41) is 3.98. The molecule has 0 aliphatic rings. The fraction of sp³-hybridized carbons (Fsp3) is 0.0909. The number of benzene rings is 1. The predicted molar refractivity (Wildman–Crippen MR) is 67.3 cm³/mol. The molecule has 0 aliphatic carbocycles. The molecule has 1 aromatic carbocycles. The van der Waals surface area contributed by atoms with Crippen molar-refractivity contribution in [2.45, 2.75) is 6.54 Å². The second kappa shape index (κ2) is 4.73.